The van der Waals surface area contributed by atoms with Gasteiger partial charge in [-0.25, -0.2) is 4.99 Å². The number of carbonyl (C=O) groups excluding carboxylic acids is 1. The first kappa shape index (κ1) is 22.6. The van der Waals surface area contributed by atoms with Crippen LogP contribution in [0.4, 0.5) is 0 Å². The number of unbranched alkanes of at least 4 members (excludes halogenated alkanes) is 1. The second-order valence-electron chi connectivity index (χ2n) is 7.34. The van der Waals surface area contributed by atoms with Gasteiger partial charge in [-0.05, 0) is 62.5 Å². The van der Waals surface area contributed by atoms with Crippen LogP contribution in [-0.2, 0) is 11.2 Å². The van der Waals surface area contributed by atoms with Gasteiger partial charge < -0.3 is 15.5 Å². The zero-order chi connectivity index (χ0) is 20.0. The largest absolute Gasteiger partial charge is 0.357 e. The van der Waals surface area contributed by atoms with Crippen molar-refractivity contribution in [2.75, 3.05) is 44.7 Å². The number of benzene rings is 1. The highest BCUT2D eigenvalue weighted by atomic mass is 32.2. The van der Waals surface area contributed by atoms with Crippen molar-refractivity contribution in [2.45, 2.75) is 39.0 Å². The van der Waals surface area contributed by atoms with Gasteiger partial charge in [0.15, 0.2) is 5.96 Å². The Morgan fingerprint density at radius 1 is 1.18 bits per heavy atom. The molecule has 1 aromatic carbocycles. The first-order valence-electron chi connectivity index (χ1n) is 10.6. The highest BCUT2D eigenvalue weighted by molar-refractivity contribution is 7.98. The third kappa shape index (κ3) is 8.55. The van der Waals surface area contributed by atoms with Crippen molar-refractivity contribution in [3.05, 3.63) is 35.9 Å². The van der Waals surface area contributed by atoms with E-state index < -0.39 is 0 Å². The van der Waals surface area contributed by atoms with E-state index in [0.29, 0.717) is 5.92 Å². The minimum Gasteiger partial charge on any atom is -0.357 e. The SMILES string of the molecule is CCNC(=NCC(=O)N1CCC(Cc2ccccc2)CC1)NCCCCSC. The number of rotatable bonds is 10. The number of hydrogen-bond acceptors (Lipinski definition) is 3. The van der Waals surface area contributed by atoms with Crippen LogP contribution in [0.15, 0.2) is 35.3 Å². The lowest BCUT2D eigenvalue weighted by molar-refractivity contribution is -0.130. The van der Waals surface area contributed by atoms with Crippen LogP contribution in [0.25, 0.3) is 0 Å². The molecule has 1 heterocycles. The van der Waals surface area contributed by atoms with E-state index in [1.165, 1.54) is 17.7 Å². The lowest BCUT2D eigenvalue weighted by Gasteiger charge is -2.32. The molecule has 0 radical (unpaired) electrons. The Hall–Kier alpha value is -1.69. The molecular weight excluding hydrogens is 368 g/mol. The van der Waals surface area contributed by atoms with E-state index in [4.69, 9.17) is 0 Å². The van der Waals surface area contributed by atoms with Crippen molar-refractivity contribution in [3.63, 3.8) is 0 Å². The van der Waals surface area contributed by atoms with Gasteiger partial charge in [0.05, 0.1) is 0 Å². The fourth-order valence-corrected chi connectivity index (χ4v) is 3.99. The highest BCUT2D eigenvalue weighted by Crippen LogP contribution is 2.21. The standard InChI is InChI=1S/C22H36N4OS/c1-3-23-22(24-13-7-8-16-28-2)25-18-21(27)26-14-11-20(12-15-26)17-19-9-5-4-6-10-19/h4-6,9-10,20H,3,7-8,11-18H2,1-2H3,(H2,23,24,25). The van der Waals surface area contributed by atoms with Crippen LogP contribution in [0, 0.1) is 5.92 Å². The molecule has 1 saturated heterocycles. The third-order valence-electron chi connectivity index (χ3n) is 5.12. The molecular formula is C22H36N4OS. The minimum atomic E-state index is 0.137. The van der Waals surface area contributed by atoms with Gasteiger partial charge in [0.25, 0.3) is 0 Å². The summed E-state index contributed by atoms with van der Waals surface area (Å²) in [6.45, 7) is 5.67. The van der Waals surface area contributed by atoms with Gasteiger partial charge >= 0.3 is 0 Å². The predicted molar refractivity (Wildman–Crippen MR) is 121 cm³/mol. The fourth-order valence-electron chi connectivity index (χ4n) is 3.50. The maximum atomic E-state index is 12.5. The van der Waals surface area contributed by atoms with Crippen LogP contribution < -0.4 is 10.6 Å². The summed E-state index contributed by atoms with van der Waals surface area (Å²) in [6.07, 6.45) is 7.73. The minimum absolute atomic E-state index is 0.137. The summed E-state index contributed by atoms with van der Waals surface area (Å²) in [7, 11) is 0. The van der Waals surface area contributed by atoms with E-state index in [1.807, 2.05) is 23.6 Å². The molecule has 2 N–H and O–H groups in total. The number of amides is 1. The Morgan fingerprint density at radius 2 is 1.93 bits per heavy atom. The quantitative estimate of drug-likeness (QED) is 0.357. The van der Waals surface area contributed by atoms with Gasteiger partial charge in [-0.15, -0.1) is 0 Å². The molecule has 1 fully saturated rings. The van der Waals surface area contributed by atoms with E-state index >= 15 is 0 Å². The average Bonchev–Trinajstić information content (AvgIpc) is 2.73. The molecule has 1 amide bonds. The zero-order valence-corrected chi connectivity index (χ0v) is 18.3. The Bertz CT molecular complexity index is 585. The maximum absolute atomic E-state index is 12.5. The zero-order valence-electron chi connectivity index (χ0n) is 17.5. The van der Waals surface area contributed by atoms with E-state index in [1.54, 1.807) is 0 Å². The summed E-state index contributed by atoms with van der Waals surface area (Å²) >= 11 is 1.88. The first-order chi connectivity index (χ1) is 13.7. The summed E-state index contributed by atoms with van der Waals surface area (Å²) in [5.74, 6) is 2.75. The van der Waals surface area contributed by atoms with Crippen molar-refractivity contribution >= 4 is 23.6 Å². The van der Waals surface area contributed by atoms with Gasteiger partial charge in [0.2, 0.25) is 5.91 Å². The molecule has 5 nitrogen and oxygen atoms in total. The van der Waals surface area contributed by atoms with Crippen LogP contribution in [0.5, 0.6) is 0 Å². The van der Waals surface area contributed by atoms with Crippen molar-refractivity contribution in [1.29, 1.82) is 0 Å². The van der Waals surface area contributed by atoms with E-state index in [9.17, 15) is 4.79 Å². The van der Waals surface area contributed by atoms with Gasteiger partial charge in [0.1, 0.15) is 6.54 Å². The molecule has 0 spiro atoms. The third-order valence-corrected chi connectivity index (χ3v) is 5.82. The molecule has 1 aromatic rings. The van der Waals surface area contributed by atoms with Gasteiger partial charge in [-0.3, -0.25) is 4.79 Å². The first-order valence-corrected chi connectivity index (χ1v) is 11.9. The number of carbonyl (C=O) groups is 1. The van der Waals surface area contributed by atoms with Crippen molar-refractivity contribution in [3.8, 4) is 0 Å². The van der Waals surface area contributed by atoms with Gasteiger partial charge in [0, 0.05) is 26.2 Å². The van der Waals surface area contributed by atoms with Crippen LogP contribution in [-0.4, -0.2) is 61.5 Å². The Labute approximate surface area is 174 Å². The normalized spacial score (nSPS) is 15.5. The van der Waals surface area contributed by atoms with Crippen LogP contribution in [0.2, 0.25) is 0 Å². The molecule has 0 aromatic heterocycles. The molecule has 0 bridgehead atoms. The smallest absolute Gasteiger partial charge is 0.244 e. The lowest BCUT2D eigenvalue weighted by Crippen LogP contribution is -2.42. The average molecular weight is 405 g/mol. The Balaban J connectivity index is 1.71. The van der Waals surface area contributed by atoms with Crippen molar-refractivity contribution in [2.24, 2.45) is 10.9 Å². The van der Waals surface area contributed by atoms with Crippen LogP contribution in [0.3, 0.4) is 0 Å². The molecule has 2 rings (SSSR count). The number of nitrogens with zero attached hydrogens (tertiary/aromatic N) is 2. The second kappa shape index (κ2) is 13.5. The Kier molecular flexibility index (Phi) is 10.9. The van der Waals surface area contributed by atoms with Gasteiger partial charge in [-0.1, -0.05) is 30.3 Å². The number of likely N-dealkylation sites (tertiary alicyclic amines) is 1. The number of nitrogens with one attached hydrogen (secondary N) is 2. The number of thioether (sulfide) groups is 1. The molecule has 0 saturated carbocycles. The van der Waals surface area contributed by atoms with Gasteiger partial charge in [-0.2, -0.15) is 11.8 Å². The molecule has 0 unspecified atom stereocenters. The summed E-state index contributed by atoms with van der Waals surface area (Å²) in [4.78, 5) is 19.0. The van der Waals surface area contributed by atoms with Crippen LogP contribution in [0.1, 0.15) is 38.2 Å². The summed E-state index contributed by atoms with van der Waals surface area (Å²) in [5.41, 5.74) is 1.40. The second-order valence-corrected chi connectivity index (χ2v) is 8.32. The fraction of sp³-hybridized carbons (Fsp3) is 0.636. The molecule has 1 aliphatic rings. The monoisotopic (exact) mass is 404 g/mol. The summed E-state index contributed by atoms with van der Waals surface area (Å²) < 4.78 is 0. The molecule has 6 heteroatoms. The predicted octanol–water partition coefficient (Wildman–Crippen LogP) is 3.17. The van der Waals surface area contributed by atoms with E-state index in [-0.39, 0.29) is 12.5 Å². The number of guanidine groups is 1. The Morgan fingerprint density at radius 3 is 2.61 bits per heavy atom. The van der Waals surface area contributed by atoms with E-state index in [0.717, 1.165) is 57.8 Å². The molecule has 0 atom stereocenters. The molecule has 28 heavy (non-hydrogen) atoms. The molecule has 0 aliphatic carbocycles. The highest BCUT2D eigenvalue weighted by Gasteiger charge is 2.22. The summed E-state index contributed by atoms with van der Waals surface area (Å²) in [6, 6.07) is 10.7. The van der Waals surface area contributed by atoms with Crippen molar-refractivity contribution in [1.82, 2.24) is 15.5 Å². The summed E-state index contributed by atoms with van der Waals surface area (Å²) in [5, 5.41) is 6.56. The van der Waals surface area contributed by atoms with Crippen molar-refractivity contribution < 1.29 is 4.79 Å². The number of aliphatic imine (C=N–C) groups is 1. The number of piperidine rings is 1. The molecule has 156 valence electrons. The van der Waals surface area contributed by atoms with E-state index in [2.05, 4.69) is 52.2 Å². The van der Waals surface area contributed by atoms with Crippen LogP contribution >= 0.6 is 11.8 Å². The topological polar surface area (TPSA) is 56.7 Å². The maximum Gasteiger partial charge on any atom is 0.244 e. The lowest BCUT2D eigenvalue weighted by atomic mass is 9.90. The number of hydrogen-bond donors (Lipinski definition) is 2. The molecule has 1 aliphatic heterocycles.